The second kappa shape index (κ2) is 5.33. The lowest BCUT2D eigenvalue weighted by atomic mass is 9.70. The number of rotatable bonds is 3. The molecule has 1 aliphatic carbocycles. The minimum Gasteiger partial charge on any atom is -0.479 e. The van der Waals surface area contributed by atoms with Crippen LogP contribution in [0.4, 0.5) is 0 Å². The van der Waals surface area contributed by atoms with Crippen LogP contribution >= 0.6 is 0 Å². The van der Waals surface area contributed by atoms with E-state index in [0.29, 0.717) is 16.9 Å². The van der Waals surface area contributed by atoms with Crippen molar-refractivity contribution < 1.29 is 15.0 Å². The first-order valence-electron chi connectivity index (χ1n) is 6.90. The summed E-state index contributed by atoms with van der Waals surface area (Å²) in [7, 11) is 0. The summed E-state index contributed by atoms with van der Waals surface area (Å²) in [5, 5.41) is 18.3. The van der Waals surface area contributed by atoms with Crippen LogP contribution in [0.2, 0.25) is 0 Å². The van der Waals surface area contributed by atoms with Gasteiger partial charge in [0, 0.05) is 0 Å². The fraction of sp³-hybridized carbons (Fsp3) is 0.562. The van der Waals surface area contributed by atoms with Crippen molar-refractivity contribution in [1.29, 1.82) is 0 Å². The summed E-state index contributed by atoms with van der Waals surface area (Å²) in [6.07, 6.45) is 3.48. The smallest absolute Gasteiger partial charge is 0.337 e. The molecular formula is C16H22O3. The van der Waals surface area contributed by atoms with Gasteiger partial charge in [-0.1, -0.05) is 44.5 Å². The molecule has 0 aliphatic heterocycles. The number of carbonyl (C=O) groups is 1. The van der Waals surface area contributed by atoms with Gasteiger partial charge in [-0.25, -0.2) is 4.79 Å². The van der Waals surface area contributed by atoms with Crippen LogP contribution in [0.25, 0.3) is 0 Å². The Hall–Kier alpha value is -1.35. The summed E-state index contributed by atoms with van der Waals surface area (Å²) in [6, 6.07) is 7.40. The third-order valence-electron chi connectivity index (χ3n) is 4.16. The standard InChI is InChI=1S/C16H22O3/c1-16(2)9-3-4-13(10-16)11-5-7-12(8-6-11)14(17)15(18)19/h5-8,13-14,17H,3-4,9-10H2,1-2H3,(H,18,19). The Labute approximate surface area is 114 Å². The van der Waals surface area contributed by atoms with Gasteiger partial charge in [0.2, 0.25) is 0 Å². The van der Waals surface area contributed by atoms with E-state index in [9.17, 15) is 9.90 Å². The molecule has 1 saturated carbocycles. The number of carboxylic acids is 1. The van der Waals surface area contributed by atoms with E-state index in [1.165, 1.54) is 31.2 Å². The highest BCUT2D eigenvalue weighted by Crippen LogP contribution is 2.43. The number of aliphatic carboxylic acids is 1. The van der Waals surface area contributed by atoms with E-state index in [-0.39, 0.29) is 0 Å². The molecule has 3 nitrogen and oxygen atoms in total. The fourth-order valence-electron chi connectivity index (χ4n) is 3.08. The summed E-state index contributed by atoms with van der Waals surface area (Å²) in [5.41, 5.74) is 2.10. The quantitative estimate of drug-likeness (QED) is 0.876. The lowest BCUT2D eigenvalue weighted by Crippen LogP contribution is -2.21. The zero-order valence-corrected chi connectivity index (χ0v) is 11.6. The van der Waals surface area contributed by atoms with Crippen LogP contribution in [0.3, 0.4) is 0 Å². The molecule has 2 atom stereocenters. The second-order valence-electron chi connectivity index (χ2n) is 6.36. The van der Waals surface area contributed by atoms with Gasteiger partial charge in [-0.3, -0.25) is 0 Å². The number of hydrogen-bond donors (Lipinski definition) is 2. The van der Waals surface area contributed by atoms with Gasteiger partial charge >= 0.3 is 5.97 Å². The summed E-state index contributed by atoms with van der Waals surface area (Å²) in [4.78, 5) is 10.7. The van der Waals surface area contributed by atoms with Gasteiger partial charge in [0.15, 0.2) is 6.10 Å². The molecule has 1 aromatic rings. The predicted molar refractivity (Wildman–Crippen MR) is 74.0 cm³/mol. The number of aliphatic hydroxyl groups excluding tert-OH is 1. The first kappa shape index (κ1) is 14.1. The molecule has 1 aromatic carbocycles. The summed E-state index contributed by atoms with van der Waals surface area (Å²) < 4.78 is 0. The maximum absolute atomic E-state index is 10.7. The van der Waals surface area contributed by atoms with Crippen molar-refractivity contribution in [3.05, 3.63) is 35.4 Å². The van der Waals surface area contributed by atoms with E-state index in [2.05, 4.69) is 13.8 Å². The van der Waals surface area contributed by atoms with Gasteiger partial charge in [0.25, 0.3) is 0 Å². The number of hydrogen-bond acceptors (Lipinski definition) is 2. The van der Waals surface area contributed by atoms with Gasteiger partial charge < -0.3 is 10.2 Å². The minimum absolute atomic E-state index is 0.391. The molecule has 3 heteroatoms. The third kappa shape index (κ3) is 3.35. The zero-order valence-electron chi connectivity index (χ0n) is 11.6. The SMILES string of the molecule is CC1(C)CCCC(c2ccc(C(O)C(=O)O)cc2)C1. The van der Waals surface area contributed by atoms with Gasteiger partial charge in [-0.2, -0.15) is 0 Å². The highest BCUT2D eigenvalue weighted by molar-refractivity contribution is 5.73. The van der Waals surface area contributed by atoms with E-state index in [1.807, 2.05) is 12.1 Å². The van der Waals surface area contributed by atoms with Crippen molar-refractivity contribution in [3.8, 4) is 0 Å². The van der Waals surface area contributed by atoms with E-state index < -0.39 is 12.1 Å². The van der Waals surface area contributed by atoms with Crippen molar-refractivity contribution >= 4 is 5.97 Å². The summed E-state index contributed by atoms with van der Waals surface area (Å²) >= 11 is 0. The first-order valence-corrected chi connectivity index (χ1v) is 6.90. The molecule has 1 fully saturated rings. The summed E-state index contributed by atoms with van der Waals surface area (Å²) in [6.45, 7) is 4.61. The van der Waals surface area contributed by atoms with E-state index in [1.54, 1.807) is 12.1 Å². The second-order valence-corrected chi connectivity index (χ2v) is 6.36. The Kier molecular flexibility index (Phi) is 3.95. The molecular weight excluding hydrogens is 240 g/mol. The normalized spacial score (nSPS) is 23.8. The lowest BCUT2D eigenvalue weighted by Gasteiger charge is -2.35. The lowest BCUT2D eigenvalue weighted by molar-refractivity contribution is -0.146. The Morgan fingerprint density at radius 3 is 2.47 bits per heavy atom. The van der Waals surface area contributed by atoms with Crippen molar-refractivity contribution in [2.24, 2.45) is 5.41 Å². The molecule has 2 unspecified atom stereocenters. The van der Waals surface area contributed by atoms with Crippen LogP contribution in [0.1, 0.15) is 62.7 Å². The Morgan fingerprint density at radius 2 is 1.95 bits per heavy atom. The van der Waals surface area contributed by atoms with Crippen LogP contribution in [-0.4, -0.2) is 16.2 Å². The zero-order chi connectivity index (χ0) is 14.0. The maximum Gasteiger partial charge on any atom is 0.337 e. The van der Waals surface area contributed by atoms with Crippen molar-refractivity contribution in [1.82, 2.24) is 0 Å². The Morgan fingerprint density at radius 1 is 1.32 bits per heavy atom. The van der Waals surface area contributed by atoms with Crippen molar-refractivity contribution in [2.45, 2.75) is 51.6 Å². The topological polar surface area (TPSA) is 57.5 Å². The van der Waals surface area contributed by atoms with E-state index in [4.69, 9.17) is 5.11 Å². The fourth-order valence-corrected chi connectivity index (χ4v) is 3.08. The Bertz CT molecular complexity index is 448. The number of benzene rings is 1. The molecule has 0 spiro atoms. The monoisotopic (exact) mass is 262 g/mol. The van der Waals surface area contributed by atoms with Gasteiger partial charge in [-0.15, -0.1) is 0 Å². The maximum atomic E-state index is 10.7. The van der Waals surface area contributed by atoms with Crippen LogP contribution in [0.5, 0.6) is 0 Å². The van der Waals surface area contributed by atoms with Crippen LogP contribution in [0, 0.1) is 5.41 Å². The molecule has 0 saturated heterocycles. The average molecular weight is 262 g/mol. The first-order chi connectivity index (χ1) is 8.89. The molecule has 0 amide bonds. The molecule has 0 bridgehead atoms. The van der Waals surface area contributed by atoms with Crippen LogP contribution in [0.15, 0.2) is 24.3 Å². The third-order valence-corrected chi connectivity index (χ3v) is 4.16. The average Bonchev–Trinajstić information content (AvgIpc) is 2.37. The van der Waals surface area contributed by atoms with Crippen molar-refractivity contribution in [2.75, 3.05) is 0 Å². The van der Waals surface area contributed by atoms with Gasteiger partial charge in [-0.05, 0) is 41.7 Å². The molecule has 2 N–H and O–H groups in total. The largest absolute Gasteiger partial charge is 0.479 e. The van der Waals surface area contributed by atoms with Crippen LogP contribution < -0.4 is 0 Å². The number of carboxylic acid groups (broad SMARTS) is 1. The van der Waals surface area contributed by atoms with Gasteiger partial charge in [0.1, 0.15) is 0 Å². The van der Waals surface area contributed by atoms with E-state index >= 15 is 0 Å². The molecule has 0 radical (unpaired) electrons. The number of aliphatic hydroxyl groups is 1. The summed E-state index contributed by atoms with van der Waals surface area (Å²) in [5.74, 6) is -0.647. The highest BCUT2D eigenvalue weighted by Gasteiger charge is 2.28. The van der Waals surface area contributed by atoms with Gasteiger partial charge in [0.05, 0.1) is 0 Å². The molecule has 0 heterocycles. The molecule has 1 aliphatic rings. The molecule has 104 valence electrons. The van der Waals surface area contributed by atoms with Crippen molar-refractivity contribution in [3.63, 3.8) is 0 Å². The molecule has 0 aromatic heterocycles. The van der Waals surface area contributed by atoms with Crippen LogP contribution in [-0.2, 0) is 4.79 Å². The minimum atomic E-state index is -1.42. The predicted octanol–water partition coefficient (Wildman–Crippen LogP) is 3.49. The Balaban J connectivity index is 2.12. The van der Waals surface area contributed by atoms with E-state index in [0.717, 1.165) is 0 Å². The molecule has 2 rings (SSSR count). The molecule has 19 heavy (non-hydrogen) atoms. The highest BCUT2D eigenvalue weighted by atomic mass is 16.4.